The van der Waals surface area contributed by atoms with E-state index in [4.69, 9.17) is 4.74 Å². The highest BCUT2D eigenvalue weighted by atomic mass is 16.5. The zero-order valence-corrected chi connectivity index (χ0v) is 8.10. The Bertz CT molecular complexity index is 375. The molecule has 2 rings (SSSR count). The van der Waals surface area contributed by atoms with E-state index in [9.17, 15) is 9.59 Å². The van der Waals surface area contributed by atoms with Gasteiger partial charge in [-0.25, -0.2) is 0 Å². The largest absolute Gasteiger partial charge is 0.426 e. The van der Waals surface area contributed by atoms with Crippen LogP contribution in [0, 0.1) is 5.92 Å². The predicted octanol–water partition coefficient (Wildman–Crippen LogP) is 0.728. The number of ether oxygens (including phenoxy) is 1. The molecule has 0 saturated carbocycles. The van der Waals surface area contributed by atoms with E-state index in [2.05, 4.69) is 5.32 Å². The topological polar surface area (TPSA) is 55.4 Å². The molecule has 1 heterocycles. The van der Waals surface area contributed by atoms with Crippen molar-refractivity contribution in [3.8, 4) is 5.75 Å². The van der Waals surface area contributed by atoms with Gasteiger partial charge in [0.15, 0.2) is 0 Å². The van der Waals surface area contributed by atoms with Crippen LogP contribution in [0.15, 0.2) is 30.3 Å². The van der Waals surface area contributed by atoms with Crippen LogP contribution in [0.1, 0.15) is 6.42 Å². The summed E-state index contributed by atoms with van der Waals surface area (Å²) < 4.78 is 5.12. The number of benzene rings is 1. The Labute approximate surface area is 87.2 Å². The van der Waals surface area contributed by atoms with E-state index in [1.807, 2.05) is 6.07 Å². The molecule has 4 heteroatoms. The summed E-state index contributed by atoms with van der Waals surface area (Å²) in [5, 5.41) is 2.60. The van der Waals surface area contributed by atoms with E-state index in [0.717, 1.165) is 0 Å². The van der Waals surface area contributed by atoms with Crippen molar-refractivity contribution in [2.24, 2.45) is 5.92 Å². The standard InChI is InChI=1S/C11H11NO3/c13-10-6-8(7-12-10)11(14)15-9-4-2-1-3-5-9/h1-5,8H,6-7H2,(H,12,13). The van der Waals surface area contributed by atoms with E-state index in [1.165, 1.54) is 0 Å². The fourth-order valence-corrected chi connectivity index (χ4v) is 1.46. The van der Waals surface area contributed by atoms with Crippen molar-refractivity contribution in [2.75, 3.05) is 6.54 Å². The first-order valence-corrected chi connectivity index (χ1v) is 4.79. The molecule has 4 nitrogen and oxygen atoms in total. The third-order valence-corrected chi connectivity index (χ3v) is 2.27. The molecule has 78 valence electrons. The van der Waals surface area contributed by atoms with Crippen LogP contribution in [0.4, 0.5) is 0 Å². The number of esters is 1. The molecule has 0 aliphatic carbocycles. The summed E-state index contributed by atoms with van der Waals surface area (Å²) in [6.45, 7) is 0.379. The van der Waals surface area contributed by atoms with Crippen molar-refractivity contribution in [2.45, 2.75) is 6.42 Å². The lowest BCUT2D eigenvalue weighted by atomic mass is 10.1. The van der Waals surface area contributed by atoms with Gasteiger partial charge in [-0.1, -0.05) is 18.2 Å². The van der Waals surface area contributed by atoms with Gasteiger partial charge >= 0.3 is 5.97 Å². The van der Waals surface area contributed by atoms with Gasteiger partial charge in [-0.05, 0) is 12.1 Å². The van der Waals surface area contributed by atoms with Crippen molar-refractivity contribution in [1.29, 1.82) is 0 Å². The summed E-state index contributed by atoms with van der Waals surface area (Å²) in [7, 11) is 0. The zero-order chi connectivity index (χ0) is 10.7. The average molecular weight is 205 g/mol. The van der Waals surface area contributed by atoms with E-state index in [1.54, 1.807) is 24.3 Å². The van der Waals surface area contributed by atoms with Crippen LogP contribution in [0.2, 0.25) is 0 Å². The lowest BCUT2D eigenvalue weighted by molar-refractivity contribution is -0.139. The minimum atomic E-state index is -0.349. The van der Waals surface area contributed by atoms with Gasteiger partial charge in [-0.3, -0.25) is 9.59 Å². The van der Waals surface area contributed by atoms with Crippen LogP contribution in [0.25, 0.3) is 0 Å². The highest BCUT2D eigenvalue weighted by molar-refractivity contribution is 5.87. The van der Waals surface area contributed by atoms with E-state index in [0.29, 0.717) is 12.3 Å². The number of hydrogen-bond donors (Lipinski definition) is 1. The van der Waals surface area contributed by atoms with Crippen molar-refractivity contribution in [1.82, 2.24) is 5.32 Å². The second-order valence-corrected chi connectivity index (χ2v) is 3.44. The molecular formula is C11H11NO3. The van der Waals surface area contributed by atoms with E-state index < -0.39 is 0 Å². The first kappa shape index (κ1) is 9.71. The third kappa shape index (κ3) is 2.34. The number of rotatable bonds is 2. The Hall–Kier alpha value is -1.84. The highest BCUT2D eigenvalue weighted by Crippen LogP contribution is 2.15. The van der Waals surface area contributed by atoms with Crippen LogP contribution >= 0.6 is 0 Å². The van der Waals surface area contributed by atoms with E-state index >= 15 is 0 Å². The molecule has 1 aromatic rings. The quantitative estimate of drug-likeness (QED) is 0.572. The molecule has 1 fully saturated rings. The van der Waals surface area contributed by atoms with Gasteiger partial charge in [0.05, 0.1) is 5.92 Å². The highest BCUT2D eigenvalue weighted by Gasteiger charge is 2.29. The van der Waals surface area contributed by atoms with Crippen molar-refractivity contribution in [3.05, 3.63) is 30.3 Å². The normalized spacial score (nSPS) is 19.7. The Morgan fingerprint density at radius 1 is 1.33 bits per heavy atom. The lowest BCUT2D eigenvalue weighted by Gasteiger charge is -2.07. The number of amides is 1. The number of para-hydroxylation sites is 1. The molecule has 1 aliphatic rings. The molecule has 1 unspecified atom stereocenters. The molecule has 1 atom stereocenters. The first-order chi connectivity index (χ1) is 7.25. The third-order valence-electron chi connectivity index (χ3n) is 2.27. The molecular weight excluding hydrogens is 194 g/mol. The summed E-state index contributed by atoms with van der Waals surface area (Å²) >= 11 is 0. The molecule has 0 aromatic heterocycles. The summed E-state index contributed by atoms with van der Waals surface area (Å²) in [5.74, 6) is -0.274. The molecule has 0 spiro atoms. The van der Waals surface area contributed by atoms with Crippen LogP contribution in [-0.4, -0.2) is 18.4 Å². The Balaban J connectivity index is 1.96. The van der Waals surface area contributed by atoms with Gasteiger partial charge in [0.2, 0.25) is 5.91 Å². The van der Waals surface area contributed by atoms with Gasteiger partial charge < -0.3 is 10.1 Å². The zero-order valence-electron chi connectivity index (χ0n) is 8.10. The van der Waals surface area contributed by atoms with Gasteiger partial charge in [-0.2, -0.15) is 0 Å². The molecule has 1 amide bonds. The Morgan fingerprint density at radius 2 is 2.07 bits per heavy atom. The molecule has 1 saturated heterocycles. The molecule has 15 heavy (non-hydrogen) atoms. The van der Waals surface area contributed by atoms with Gasteiger partial charge in [0, 0.05) is 13.0 Å². The lowest BCUT2D eigenvalue weighted by Crippen LogP contribution is -2.22. The number of carbonyl (C=O) groups excluding carboxylic acids is 2. The maximum absolute atomic E-state index is 11.5. The second kappa shape index (κ2) is 4.13. The molecule has 0 radical (unpaired) electrons. The van der Waals surface area contributed by atoms with Crippen molar-refractivity contribution in [3.63, 3.8) is 0 Å². The second-order valence-electron chi connectivity index (χ2n) is 3.44. The van der Waals surface area contributed by atoms with Crippen LogP contribution in [0.3, 0.4) is 0 Å². The molecule has 1 N–H and O–H groups in total. The van der Waals surface area contributed by atoms with E-state index in [-0.39, 0.29) is 24.2 Å². The first-order valence-electron chi connectivity index (χ1n) is 4.79. The molecule has 1 aromatic carbocycles. The molecule has 1 aliphatic heterocycles. The monoisotopic (exact) mass is 205 g/mol. The van der Waals surface area contributed by atoms with Crippen LogP contribution in [-0.2, 0) is 9.59 Å². The summed E-state index contributed by atoms with van der Waals surface area (Å²) in [6.07, 6.45) is 0.228. The predicted molar refractivity (Wildman–Crippen MR) is 53.2 cm³/mol. The minimum absolute atomic E-state index is 0.0926. The van der Waals surface area contributed by atoms with Gasteiger partial charge in [0.25, 0.3) is 0 Å². The Morgan fingerprint density at radius 3 is 2.67 bits per heavy atom. The number of hydrogen-bond acceptors (Lipinski definition) is 3. The van der Waals surface area contributed by atoms with Crippen LogP contribution < -0.4 is 10.1 Å². The smallest absolute Gasteiger partial charge is 0.316 e. The molecule has 0 bridgehead atoms. The number of nitrogens with one attached hydrogen (secondary N) is 1. The SMILES string of the molecule is O=C1CC(C(=O)Oc2ccccc2)CN1. The summed E-state index contributed by atoms with van der Waals surface area (Å²) in [5.41, 5.74) is 0. The van der Waals surface area contributed by atoms with Crippen LogP contribution in [0.5, 0.6) is 5.75 Å². The maximum Gasteiger partial charge on any atom is 0.316 e. The van der Waals surface area contributed by atoms with Crippen molar-refractivity contribution < 1.29 is 14.3 Å². The maximum atomic E-state index is 11.5. The Kier molecular flexibility index (Phi) is 2.67. The summed E-state index contributed by atoms with van der Waals surface area (Å²) in [4.78, 5) is 22.4. The fourth-order valence-electron chi connectivity index (χ4n) is 1.46. The fraction of sp³-hybridized carbons (Fsp3) is 0.273. The average Bonchev–Trinajstić information content (AvgIpc) is 2.66. The van der Waals surface area contributed by atoms with Crippen molar-refractivity contribution >= 4 is 11.9 Å². The van der Waals surface area contributed by atoms with Gasteiger partial charge in [-0.15, -0.1) is 0 Å². The number of carbonyl (C=O) groups is 2. The van der Waals surface area contributed by atoms with Gasteiger partial charge in [0.1, 0.15) is 5.75 Å². The summed E-state index contributed by atoms with van der Waals surface area (Å²) in [6, 6.07) is 8.85. The minimum Gasteiger partial charge on any atom is -0.426 e.